The molecule has 1 aromatic carbocycles. The van der Waals surface area contributed by atoms with Crippen molar-refractivity contribution in [2.75, 3.05) is 31.6 Å². The van der Waals surface area contributed by atoms with Gasteiger partial charge in [-0.15, -0.1) is 0 Å². The summed E-state index contributed by atoms with van der Waals surface area (Å²) in [6.07, 6.45) is 1.17. The van der Waals surface area contributed by atoms with Crippen molar-refractivity contribution in [3.8, 4) is 0 Å². The van der Waals surface area contributed by atoms with Gasteiger partial charge in [0.05, 0.1) is 5.75 Å². The largest absolute Gasteiger partial charge is 0.353 e. The molecule has 1 amide bonds. The molecular weight excluding hydrogens is 328 g/mol. The molecule has 0 radical (unpaired) electrons. The molecule has 1 aromatic rings. The molecule has 1 saturated heterocycles. The molecule has 0 aromatic heterocycles. The fourth-order valence-electron chi connectivity index (χ4n) is 3.20. The minimum Gasteiger partial charge on any atom is -0.353 e. The van der Waals surface area contributed by atoms with Gasteiger partial charge in [-0.3, -0.25) is 4.79 Å². The molecule has 3 nitrogen and oxygen atoms in total. The maximum atomic E-state index is 11.8. The van der Waals surface area contributed by atoms with Crippen LogP contribution in [0.5, 0.6) is 0 Å². The molecular formula is C18H27ClN2OS. The topological polar surface area (TPSA) is 32.3 Å². The maximum absolute atomic E-state index is 11.8. The van der Waals surface area contributed by atoms with Crippen molar-refractivity contribution in [1.29, 1.82) is 0 Å². The number of carbonyl (C=O) groups excluding carboxylic acids is 1. The van der Waals surface area contributed by atoms with E-state index in [0.717, 1.165) is 23.9 Å². The van der Waals surface area contributed by atoms with E-state index in [1.54, 1.807) is 11.8 Å². The average Bonchev–Trinajstić information content (AvgIpc) is 2.48. The SMILES string of the molecule is CC(C)NC(=O)CSC[C@@H]1CN(C)CC[C@@H]1c1ccc(Cl)cc1. The van der Waals surface area contributed by atoms with Crippen LogP contribution in [0.4, 0.5) is 0 Å². The first-order valence-electron chi connectivity index (χ1n) is 8.27. The number of piperidine rings is 1. The van der Waals surface area contributed by atoms with Gasteiger partial charge < -0.3 is 10.2 Å². The highest BCUT2D eigenvalue weighted by molar-refractivity contribution is 7.99. The van der Waals surface area contributed by atoms with Crippen LogP contribution in [0.1, 0.15) is 31.7 Å². The first kappa shape index (κ1) is 18.6. The average molecular weight is 355 g/mol. The zero-order valence-electron chi connectivity index (χ0n) is 14.2. The second-order valence-electron chi connectivity index (χ2n) is 6.71. The highest BCUT2D eigenvalue weighted by Crippen LogP contribution is 2.35. The molecule has 1 N–H and O–H groups in total. The quantitative estimate of drug-likeness (QED) is 0.846. The number of carbonyl (C=O) groups is 1. The van der Waals surface area contributed by atoms with Crippen molar-refractivity contribution in [3.05, 3.63) is 34.9 Å². The number of hydrogen-bond donors (Lipinski definition) is 1. The van der Waals surface area contributed by atoms with E-state index in [2.05, 4.69) is 29.4 Å². The summed E-state index contributed by atoms with van der Waals surface area (Å²) in [6, 6.07) is 8.49. The Hall–Kier alpha value is -0.710. The van der Waals surface area contributed by atoms with Crippen LogP contribution in [-0.4, -0.2) is 48.5 Å². The van der Waals surface area contributed by atoms with E-state index in [0.29, 0.717) is 17.6 Å². The third kappa shape index (κ3) is 6.02. The fourth-order valence-corrected chi connectivity index (χ4v) is 4.35. The first-order valence-corrected chi connectivity index (χ1v) is 9.80. The van der Waals surface area contributed by atoms with Gasteiger partial charge in [0.15, 0.2) is 0 Å². The standard InChI is InChI=1S/C18H27ClN2OS/c1-13(2)20-18(22)12-23-11-15-10-21(3)9-8-17(15)14-4-6-16(19)7-5-14/h4-7,13,15,17H,8-12H2,1-3H3,(H,20,22)/t15-,17+/m0/s1. The fraction of sp³-hybridized carbons (Fsp3) is 0.611. The van der Waals surface area contributed by atoms with Crippen LogP contribution in [0.3, 0.4) is 0 Å². The van der Waals surface area contributed by atoms with E-state index in [4.69, 9.17) is 11.6 Å². The number of thioether (sulfide) groups is 1. The van der Waals surface area contributed by atoms with Crippen LogP contribution in [0, 0.1) is 5.92 Å². The third-order valence-electron chi connectivity index (χ3n) is 4.25. The highest BCUT2D eigenvalue weighted by Gasteiger charge is 2.28. The van der Waals surface area contributed by atoms with E-state index in [-0.39, 0.29) is 11.9 Å². The molecule has 23 heavy (non-hydrogen) atoms. The van der Waals surface area contributed by atoms with Crippen molar-refractivity contribution in [1.82, 2.24) is 10.2 Å². The van der Waals surface area contributed by atoms with Gasteiger partial charge in [-0.25, -0.2) is 0 Å². The molecule has 5 heteroatoms. The zero-order valence-corrected chi connectivity index (χ0v) is 15.8. The van der Waals surface area contributed by atoms with Crippen LogP contribution in [-0.2, 0) is 4.79 Å². The Morgan fingerprint density at radius 2 is 2.09 bits per heavy atom. The van der Waals surface area contributed by atoms with Gasteiger partial charge in [0.1, 0.15) is 0 Å². The second kappa shape index (κ2) is 8.95. The van der Waals surface area contributed by atoms with E-state index in [1.807, 2.05) is 26.0 Å². The molecule has 1 heterocycles. The molecule has 0 aliphatic carbocycles. The number of benzene rings is 1. The molecule has 0 spiro atoms. The van der Waals surface area contributed by atoms with Crippen molar-refractivity contribution < 1.29 is 4.79 Å². The molecule has 128 valence electrons. The molecule has 0 saturated carbocycles. The van der Waals surface area contributed by atoms with Crippen LogP contribution >= 0.6 is 23.4 Å². The maximum Gasteiger partial charge on any atom is 0.230 e. The molecule has 1 aliphatic heterocycles. The number of amides is 1. The lowest BCUT2D eigenvalue weighted by atomic mass is 9.81. The van der Waals surface area contributed by atoms with Crippen molar-refractivity contribution >= 4 is 29.3 Å². The van der Waals surface area contributed by atoms with Crippen LogP contribution in [0.2, 0.25) is 5.02 Å². The molecule has 2 atom stereocenters. The number of nitrogens with one attached hydrogen (secondary N) is 1. The third-order valence-corrected chi connectivity index (χ3v) is 5.63. The van der Waals surface area contributed by atoms with E-state index in [9.17, 15) is 4.79 Å². The lowest BCUT2D eigenvalue weighted by Crippen LogP contribution is -2.38. The van der Waals surface area contributed by atoms with Gasteiger partial charge >= 0.3 is 0 Å². The number of likely N-dealkylation sites (tertiary alicyclic amines) is 1. The molecule has 2 rings (SSSR count). The summed E-state index contributed by atoms with van der Waals surface area (Å²) < 4.78 is 0. The van der Waals surface area contributed by atoms with Gasteiger partial charge in [0.25, 0.3) is 0 Å². The molecule has 1 fully saturated rings. The predicted molar refractivity (Wildman–Crippen MR) is 100 cm³/mol. The number of halogens is 1. The van der Waals surface area contributed by atoms with Gasteiger partial charge in [-0.05, 0) is 69.1 Å². The Kier molecular flexibility index (Phi) is 7.25. The Balaban J connectivity index is 1.92. The Labute approximate surface area is 149 Å². The summed E-state index contributed by atoms with van der Waals surface area (Å²) in [7, 11) is 2.18. The minimum absolute atomic E-state index is 0.136. The Bertz CT molecular complexity index is 506. The summed E-state index contributed by atoms with van der Waals surface area (Å²) in [5.74, 6) is 2.84. The first-order chi connectivity index (χ1) is 11.0. The lowest BCUT2D eigenvalue weighted by Gasteiger charge is -2.37. The molecule has 1 aliphatic rings. The normalized spacial score (nSPS) is 22.3. The van der Waals surface area contributed by atoms with Crippen LogP contribution in [0.15, 0.2) is 24.3 Å². The van der Waals surface area contributed by atoms with E-state index in [1.165, 1.54) is 12.0 Å². The summed E-state index contributed by atoms with van der Waals surface area (Å²) in [5.41, 5.74) is 1.37. The summed E-state index contributed by atoms with van der Waals surface area (Å²) in [6.45, 7) is 6.21. The number of hydrogen-bond acceptors (Lipinski definition) is 3. The molecule has 0 unspecified atom stereocenters. The summed E-state index contributed by atoms with van der Waals surface area (Å²) in [5, 5.41) is 3.74. The van der Waals surface area contributed by atoms with Crippen molar-refractivity contribution in [2.24, 2.45) is 5.92 Å². The number of rotatable bonds is 6. The Morgan fingerprint density at radius 1 is 1.39 bits per heavy atom. The monoisotopic (exact) mass is 354 g/mol. The Morgan fingerprint density at radius 3 is 2.74 bits per heavy atom. The van der Waals surface area contributed by atoms with Gasteiger partial charge in [-0.2, -0.15) is 11.8 Å². The van der Waals surface area contributed by atoms with E-state index >= 15 is 0 Å². The van der Waals surface area contributed by atoms with Gasteiger partial charge in [-0.1, -0.05) is 23.7 Å². The molecule has 0 bridgehead atoms. The number of nitrogens with zero attached hydrogens (tertiary/aromatic N) is 1. The summed E-state index contributed by atoms with van der Waals surface area (Å²) >= 11 is 7.76. The zero-order chi connectivity index (χ0) is 16.8. The van der Waals surface area contributed by atoms with E-state index < -0.39 is 0 Å². The second-order valence-corrected chi connectivity index (χ2v) is 8.17. The van der Waals surface area contributed by atoms with Crippen LogP contribution < -0.4 is 5.32 Å². The minimum atomic E-state index is 0.136. The predicted octanol–water partition coefficient (Wildman–Crippen LogP) is 3.63. The van der Waals surface area contributed by atoms with Crippen LogP contribution in [0.25, 0.3) is 0 Å². The smallest absolute Gasteiger partial charge is 0.230 e. The van der Waals surface area contributed by atoms with Crippen molar-refractivity contribution in [3.63, 3.8) is 0 Å². The summed E-state index contributed by atoms with van der Waals surface area (Å²) in [4.78, 5) is 14.2. The van der Waals surface area contributed by atoms with Crippen molar-refractivity contribution in [2.45, 2.75) is 32.2 Å². The van der Waals surface area contributed by atoms with Gasteiger partial charge in [0, 0.05) is 17.6 Å². The van der Waals surface area contributed by atoms with Gasteiger partial charge in [0.2, 0.25) is 5.91 Å². The lowest BCUT2D eigenvalue weighted by molar-refractivity contribution is -0.119. The highest BCUT2D eigenvalue weighted by atomic mass is 35.5.